The Bertz CT molecular complexity index is 253. The minimum atomic E-state index is 0.420. The molecule has 0 spiro atoms. The number of nitrogens with one attached hydrogen (secondary N) is 1. The Morgan fingerprint density at radius 1 is 1.67 bits per heavy atom. The average Bonchev–Trinajstić information content (AvgIpc) is 2.54. The fourth-order valence-electron chi connectivity index (χ4n) is 1.43. The lowest BCUT2D eigenvalue weighted by molar-refractivity contribution is 0.0770. The molecule has 1 N–H and O–H groups in total. The molecule has 1 aromatic heterocycles. The number of thiophene rings is 1. The van der Waals surface area contributed by atoms with E-state index in [1.54, 1.807) is 11.3 Å². The molecule has 0 unspecified atom stereocenters. The third-order valence-electron chi connectivity index (χ3n) is 2.07. The maximum atomic E-state index is 5.39. The zero-order chi connectivity index (χ0) is 8.39. The van der Waals surface area contributed by atoms with E-state index in [2.05, 4.69) is 23.7 Å². The number of aryl methyl sites for hydroxylation is 1. The lowest BCUT2D eigenvalue weighted by Crippen LogP contribution is -2.34. The number of rotatable bonds is 1. The summed E-state index contributed by atoms with van der Waals surface area (Å²) in [6, 6.07) is 2.65. The molecule has 0 aliphatic carbocycles. The molecular weight excluding hydrogens is 170 g/mol. The van der Waals surface area contributed by atoms with Gasteiger partial charge in [-0.15, -0.1) is 11.3 Å². The van der Waals surface area contributed by atoms with E-state index in [-0.39, 0.29) is 0 Å². The van der Waals surface area contributed by atoms with Crippen molar-refractivity contribution in [2.24, 2.45) is 0 Å². The normalized spacial score (nSPS) is 24.2. The molecule has 0 amide bonds. The van der Waals surface area contributed by atoms with Crippen LogP contribution in [0.2, 0.25) is 0 Å². The summed E-state index contributed by atoms with van der Waals surface area (Å²) in [5.74, 6) is 0. The SMILES string of the molecule is Cc1cc([C@H]2COCCN2)cs1. The lowest BCUT2D eigenvalue weighted by atomic mass is 10.1. The molecule has 1 aliphatic heterocycles. The monoisotopic (exact) mass is 183 g/mol. The summed E-state index contributed by atoms with van der Waals surface area (Å²) in [5.41, 5.74) is 1.37. The van der Waals surface area contributed by atoms with Crippen LogP contribution in [0.5, 0.6) is 0 Å². The molecule has 0 aromatic carbocycles. The van der Waals surface area contributed by atoms with Gasteiger partial charge in [-0.3, -0.25) is 0 Å². The van der Waals surface area contributed by atoms with Crippen LogP contribution in [0.4, 0.5) is 0 Å². The standard InChI is InChI=1S/C9H13NOS/c1-7-4-8(6-12-7)9-5-11-3-2-10-9/h4,6,9-10H,2-3,5H2,1H3/t9-/m1/s1. The van der Waals surface area contributed by atoms with Crippen LogP contribution in [0, 0.1) is 6.92 Å². The summed E-state index contributed by atoms with van der Waals surface area (Å²) < 4.78 is 5.39. The summed E-state index contributed by atoms with van der Waals surface area (Å²) in [7, 11) is 0. The summed E-state index contributed by atoms with van der Waals surface area (Å²) in [6.07, 6.45) is 0. The van der Waals surface area contributed by atoms with Crippen LogP contribution in [-0.4, -0.2) is 19.8 Å². The van der Waals surface area contributed by atoms with Gasteiger partial charge in [0.1, 0.15) is 0 Å². The van der Waals surface area contributed by atoms with Gasteiger partial charge in [0, 0.05) is 11.4 Å². The van der Waals surface area contributed by atoms with Crippen molar-refractivity contribution in [1.82, 2.24) is 5.32 Å². The molecule has 0 saturated carbocycles. The highest BCUT2D eigenvalue weighted by Crippen LogP contribution is 2.21. The zero-order valence-electron chi connectivity index (χ0n) is 7.17. The third-order valence-corrected chi connectivity index (χ3v) is 2.95. The van der Waals surface area contributed by atoms with Gasteiger partial charge in [0.25, 0.3) is 0 Å². The van der Waals surface area contributed by atoms with Gasteiger partial charge < -0.3 is 10.1 Å². The number of morpholine rings is 1. The smallest absolute Gasteiger partial charge is 0.0662 e. The Hall–Kier alpha value is -0.380. The van der Waals surface area contributed by atoms with Crippen molar-refractivity contribution >= 4 is 11.3 Å². The molecule has 1 aromatic rings. The van der Waals surface area contributed by atoms with Gasteiger partial charge in [-0.25, -0.2) is 0 Å². The summed E-state index contributed by atoms with van der Waals surface area (Å²) >= 11 is 1.80. The molecule has 3 heteroatoms. The Balaban J connectivity index is 2.08. The average molecular weight is 183 g/mol. The predicted octanol–water partition coefficient (Wildman–Crippen LogP) is 1.72. The lowest BCUT2D eigenvalue weighted by Gasteiger charge is -2.22. The molecule has 1 aliphatic rings. The predicted molar refractivity (Wildman–Crippen MR) is 50.6 cm³/mol. The Morgan fingerprint density at radius 2 is 2.58 bits per heavy atom. The minimum absolute atomic E-state index is 0.420. The highest BCUT2D eigenvalue weighted by Gasteiger charge is 2.15. The summed E-state index contributed by atoms with van der Waals surface area (Å²) in [6.45, 7) is 4.77. The van der Waals surface area contributed by atoms with Crippen molar-refractivity contribution in [3.63, 3.8) is 0 Å². The van der Waals surface area contributed by atoms with E-state index in [0.717, 1.165) is 19.8 Å². The van der Waals surface area contributed by atoms with E-state index in [0.29, 0.717) is 6.04 Å². The van der Waals surface area contributed by atoms with Crippen molar-refractivity contribution in [2.75, 3.05) is 19.8 Å². The van der Waals surface area contributed by atoms with E-state index >= 15 is 0 Å². The van der Waals surface area contributed by atoms with E-state index < -0.39 is 0 Å². The van der Waals surface area contributed by atoms with Crippen LogP contribution in [0.25, 0.3) is 0 Å². The van der Waals surface area contributed by atoms with Crippen LogP contribution < -0.4 is 5.32 Å². The maximum absolute atomic E-state index is 5.39. The number of ether oxygens (including phenoxy) is 1. The molecule has 1 saturated heterocycles. The van der Waals surface area contributed by atoms with E-state index in [1.165, 1.54) is 10.4 Å². The Kier molecular flexibility index (Phi) is 2.44. The molecule has 0 bridgehead atoms. The quantitative estimate of drug-likeness (QED) is 0.715. The highest BCUT2D eigenvalue weighted by molar-refractivity contribution is 7.10. The van der Waals surface area contributed by atoms with Gasteiger partial charge in [-0.1, -0.05) is 0 Å². The first-order valence-corrected chi connectivity index (χ1v) is 5.10. The van der Waals surface area contributed by atoms with E-state index in [9.17, 15) is 0 Å². The number of hydrogen-bond acceptors (Lipinski definition) is 3. The fourth-order valence-corrected chi connectivity index (χ4v) is 2.18. The molecule has 0 radical (unpaired) electrons. The van der Waals surface area contributed by atoms with E-state index in [4.69, 9.17) is 4.74 Å². The van der Waals surface area contributed by atoms with Gasteiger partial charge in [0.15, 0.2) is 0 Å². The first-order valence-electron chi connectivity index (χ1n) is 4.22. The molecule has 2 heterocycles. The second-order valence-corrected chi connectivity index (χ2v) is 4.19. The van der Waals surface area contributed by atoms with Crippen molar-refractivity contribution in [3.05, 3.63) is 21.9 Å². The minimum Gasteiger partial charge on any atom is -0.378 e. The number of hydrogen-bond donors (Lipinski definition) is 1. The zero-order valence-corrected chi connectivity index (χ0v) is 7.99. The maximum Gasteiger partial charge on any atom is 0.0662 e. The third kappa shape index (κ3) is 1.68. The van der Waals surface area contributed by atoms with Crippen molar-refractivity contribution < 1.29 is 4.74 Å². The summed E-state index contributed by atoms with van der Waals surface area (Å²) in [5, 5.41) is 5.64. The van der Waals surface area contributed by atoms with Crippen molar-refractivity contribution in [2.45, 2.75) is 13.0 Å². The molecule has 1 atom stereocenters. The topological polar surface area (TPSA) is 21.3 Å². The van der Waals surface area contributed by atoms with Crippen LogP contribution >= 0.6 is 11.3 Å². The Morgan fingerprint density at radius 3 is 3.17 bits per heavy atom. The van der Waals surface area contributed by atoms with Crippen molar-refractivity contribution in [1.29, 1.82) is 0 Å². The largest absolute Gasteiger partial charge is 0.378 e. The first kappa shape index (κ1) is 8.23. The van der Waals surface area contributed by atoms with Crippen LogP contribution in [0.1, 0.15) is 16.5 Å². The molecule has 2 nitrogen and oxygen atoms in total. The van der Waals surface area contributed by atoms with Gasteiger partial charge >= 0.3 is 0 Å². The van der Waals surface area contributed by atoms with Crippen LogP contribution in [-0.2, 0) is 4.74 Å². The Labute approximate surface area is 76.6 Å². The highest BCUT2D eigenvalue weighted by atomic mass is 32.1. The van der Waals surface area contributed by atoms with Crippen molar-refractivity contribution in [3.8, 4) is 0 Å². The van der Waals surface area contributed by atoms with Gasteiger partial charge in [0.05, 0.1) is 19.3 Å². The van der Waals surface area contributed by atoms with E-state index in [1.807, 2.05) is 0 Å². The molecular formula is C9H13NOS. The first-order chi connectivity index (χ1) is 5.86. The van der Waals surface area contributed by atoms with Crippen LogP contribution in [0.3, 0.4) is 0 Å². The van der Waals surface area contributed by atoms with Gasteiger partial charge in [-0.2, -0.15) is 0 Å². The van der Waals surface area contributed by atoms with Gasteiger partial charge in [0.2, 0.25) is 0 Å². The molecule has 12 heavy (non-hydrogen) atoms. The second kappa shape index (κ2) is 3.56. The van der Waals surface area contributed by atoms with Gasteiger partial charge in [-0.05, 0) is 23.9 Å². The fraction of sp³-hybridized carbons (Fsp3) is 0.556. The summed E-state index contributed by atoms with van der Waals surface area (Å²) in [4.78, 5) is 1.37. The molecule has 1 fully saturated rings. The molecule has 2 rings (SSSR count). The van der Waals surface area contributed by atoms with Crippen LogP contribution in [0.15, 0.2) is 11.4 Å². The molecule has 66 valence electrons. The second-order valence-electron chi connectivity index (χ2n) is 3.07.